The maximum Gasteiger partial charge on any atom is 0.0633 e. The van der Waals surface area contributed by atoms with Crippen LogP contribution in [0, 0.1) is 6.54 Å². The molecule has 7 heavy (non-hydrogen) atoms. The molecule has 0 aliphatic carbocycles. The minimum absolute atomic E-state index is 0.701. The number of rotatable bonds is 3. The van der Waals surface area contributed by atoms with Gasteiger partial charge in [0.05, 0.1) is 13.2 Å². The summed E-state index contributed by atoms with van der Waals surface area (Å²) in [7, 11) is 5.62. The smallest absolute Gasteiger partial charge is 0.0633 e. The van der Waals surface area contributed by atoms with Gasteiger partial charge in [-0.2, -0.15) is 0 Å². The molecule has 2 heteroatoms. The zero-order valence-electron chi connectivity index (χ0n) is 5.14. The van der Waals surface area contributed by atoms with Crippen molar-refractivity contribution in [2.45, 2.75) is 0 Å². The van der Waals surface area contributed by atoms with Crippen LogP contribution in [0.3, 0.4) is 0 Å². The maximum absolute atomic E-state index is 4.76. The average Bonchev–Trinajstić information content (AvgIpc) is 1.61. The van der Waals surface area contributed by atoms with Crippen LogP contribution in [0.25, 0.3) is 0 Å². The van der Waals surface area contributed by atoms with Crippen LogP contribution in [0.15, 0.2) is 0 Å². The molecule has 0 N–H and O–H groups in total. The molecule has 0 aromatic carbocycles. The van der Waals surface area contributed by atoms with Crippen LogP contribution in [0.4, 0.5) is 0 Å². The van der Waals surface area contributed by atoms with Crippen molar-refractivity contribution < 1.29 is 4.74 Å². The van der Waals surface area contributed by atoms with Gasteiger partial charge in [0.25, 0.3) is 0 Å². The summed E-state index contributed by atoms with van der Waals surface area (Å²) in [5.41, 5.74) is 0. The minimum Gasteiger partial charge on any atom is -0.383 e. The highest BCUT2D eigenvalue weighted by molar-refractivity contribution is 4.56. The number of nitrogens with zero attached hydrogens (tertiary/aromatic N) is 1. The van der Waals surface area contributed by atoms with Gasteiger partial charge < -0.3 is 9.64 Å². The van der Waals surface area contributed by atoms with E-state index in [4.69, 9.17) is 4.74 Å². The van der Waals surface area contributed by atoms with Gasteiger partial charge in [-0.05, 0) is 14.1 Å². The number of likely N-dealkylation sites (N-methyl/N-ethyl adjacent to an activating group) is 1. The van der Waals surface area contributed by atoms with Crippen molar-refractivity contribution in [3.63, 3.8) is 0 Å². The van der Waals surface area contributed by atoms with Crippen molar-refractivity contribution >= 4 is 0 Å². The van der Waals surface area contributed by atoms with Crippen LogP contribution in [0.1, 0.15) is 0 Å². The summed E-state index contributed by atoms with van der Waals surface area (Å²) in [5, 5.41) is 0. The first-order valence-electron chi connectivity index (χ1n) is 2.26. The quantitative estimate of drug-likeness (QED) is 0.510. The highest BCUT2D eigenvalue weighted by Gasteiger charge is 1.84. The molecule has 0 saturated carbocycles. The van der Waals surface area contributed by atoms with Crippen molar-refractivity contribution in [3.05, 3.63) is 6.54 Å². The van der Waals surface area contributed by atoms with E-state index in [-0.39, 0.29) is 0 Å². The molecule has 0 aliphatic heterocycles. The van der Waals surface area contributed by atoms with Crippen molar-refractivity contribution in [3.8, 4) is 0 Å². The first-order valence-corrected chi connectivity index (χ1v) is 2.26. The molecule has 0 amide bonds. The summed E-state index contributed by atoms with van der Waals surface area (Å²) >= 11 is 0. The molecule has 0 unspecified atom stereocenters. The second-order valence-corrected chi connectivity index (χ2v) is 1.60. The SMILES string of the molecule is COC[CH]N(C)C. The largest absolute Gasteiger partial charge is 0.383 e. The second kappa shape index (κ2) is 4.09. The van der Waals surface area contributed by atoms with Gasteiger partial charge in [-0.15, -0.1) is 0 Å². The lowest BCUT2D eigenvalue weighted by Gasteiger charge is -2.05. The Morgan fingerprint density at radius 3 is 2.29 bits per heavy atom. The summed E-state index contributed by atoms with van der Waals surface area (Å²) in [5.74, 6) is 0. The first-order chi connectivity index (χ1) is 3.27. The molecular formula is C5H12NO. The summed E-state index contributed by atoms with van der Waals surface area (Å²) in [6.45, 7) is 2.66. The van der Waals surface area contributed by atoms with E-state index in [1.807, 2.05) is 25.5 Å². The molecule has 0 aliphatic rings. The Labute approximate surface area is 45.1 Å². The lowest BCUT2D eigenvalue weighted by Crippen LogP contribution is -2.10. The Bertz CT molecular complexity index is 37.1. The van der Waals surface area contributed by atoms with Crippen LogP contribution in [0.5, 0.6) is 0 Å². The molecule has 0 saturated heterocycles. The maximum atomic E-state index is 4.76. The molecule has 0 spiro atoms. The van der Waals surface area contributed by atoms with Crippen LogP contribution < -0.4 is 0 Å². The molecule has 0 bridgehead atoms. The van der Waals surface area contributed by atoms with Gasteiger partial charge in [-0.3, -0.25) is 0 Å². The number of hydrogen-bond acceptors (Lipinski definition) is 2. The van der Waals surface area contributed by atoms with Crippen LogP contribution >= 0.6 is 0 Å². The summed E-state index contributed by atoms with van der Waals surface area (Å²) in [6.07, 6.45) is 0. The van der Waals surface area contributed by atoms with Gasteiger partial charge in [0.2, 0.25) is 0 Å². The summed E-state index contributed by atoms with van der Waals surface area (Å²) < 4.78 is 4.76. The molecule has 1 radical (unpaired) electrons. The van der Waals surface area contributed by atoms with Crippen LogP contribution in [0.2, 0.25) is 0 Å². The van der Waals surface area contributed by atoms with E-state index >= 15 is 0 Å². The van der Waals surface area contributed by atoms with E-state index < -0.39 is 0 Å². The topological polar surface area (TPSA) is 12.5 Å². The van der Waals surface area contributed by atoms with Gasteiger partial charge >= 0.3 is 0 Å². The lowest BCUT2D eigenvalue weighted by molar-refractivity contribution is 0.199. The van der Waals surface area contributed by atoms with Crippen molar-refractivity contribution in [2.24, 2.45) is 0 Å². The van der Waals surface area contributed by atoms with E-state index in [1.54, 1.807) is 7.11 Å². The molecule has 0 rings (SSSR count). The summed E-state index contributed by atoms with van der Waals surface area (Å²) in [6, 6.07) is 0. The number of methoxy groups -OCH3 is 1. The van der Waals surface area contributed by atoms with Gasteiger partial charge in [-0.1, -0.05) is 0 Å². The monoisotopic (exact) mass is 102 g/mol. The fourth-order valence-electron chi connectivity index (χ4n) is 0.224. The average molecular weight is 102 g/mol. The van der Waals surface area contributed by atoms with E-state index in [9.17, 15) is 0 Å². The zero-order chi connectivity index (χ0) is 5.70. The van der Waals surface area contributed by atoms with Crippen molar-refractivity contribution in [2.75, 3.05) is 27.8 Å². The first kappa shape index (κ1) is 6.92. The van der Waals surface area contributed by atoms with Crippen molar-refractivity contribution in [1.82, 2.24) is 4.90 Å². The van der Waals surface area contributed by atoms with Crippen LogP contribution in [-0.2, 0) is 4.74 Å². The Morgan fingerprint density at radius 2 is 2.14 bits per heavy atom. The highest BCUT2D eigenvalue weighted by Crippen LogP contribution is 1.79. The molecule has 0 atom stereocenters. The zero-order valence-corrected chi connectivity index (χ0v) is 5.14. The van der Waals surface area contributed by atoms with E-state index in [0.717, 1.165) is 0 Å². The third kappa shape index (κ3) is 5.92. The Kier molecular flexibility index (Phi) is 4.04. The highest BCUT2D eigenvalue weighted by atomic mass is 16.5. The third-order valence-electron chi connectivity index (χ3n) is 0.606. The Hall–Kier alpha value is -0.0800. The molecule has 43 valence electrons. The van der Waals surface area contributed by atoms with Gasteiger partial charge in [0.15, 0.2) is 0 Å². The lowest BCUT2D eigenvalue weighted by atomic mass is 10.6. The van der Waals surface area contributed by atoms with Crippen molar-refractivity contribution in [1.29, 1.82) is 0 Å². The van der Waals surface area contributed by atoms with E-state index in [0.29, 0.717) is 6.61 Å². The standard InChI is InChI=1S/C5H12NO/c1-6(2)4-5-7-3/h4H,5H2,1-3H3. The summed E-state index contributed by atoms with van der Waals surface area (Å²) in [4.78, 5) is 1.96. The minimum atomic E-state index is 0.701. The van der Waals surface area contributed by atoms with Gasteiger partial charge in [-0.25, -0.2) is 0 Å². The molecule has 2 nitrogen and oxygen atoms in total. The van der Waals surface area contributed by atoms with Gasteiger partial charge in [0.1, 0.15) is 0 Å². The normalized spacial score (nSPS) is 10.3. The van der Waals surface area contributed by atoms with E-state index in [1.165, 1.54) is 0 Å². The van der Waals surface area contributed by atoms with Crippen LogP contribution in [-0.4, -0.2) is 32.7 Å². The van der Waals surface area contributed by atoms with E-state index in [2.05, 4.69) is 0 Å². The molecular weight excluding hydrogens is 90.1 g/mol. The fraction of sp³-hybridized carbons (Fsp3) is 0.800. The number of hydrogen-bond donors (Lipinski definition) is 0. The molecule has 0 fully saturated rings. The molecule has 0 heterocycles. The second-order valence-electron chi connectivity index (χ2n) is 1.60. The Balaban J connectivity index is 2.68. The van der Waals surface area contributed by atoms with Gasteiger partial charge in [0, 0.05) is 7.11 Å². The predicted octanol–water partition coefficient (Wildman–Crippen LogP) is 0.356. The number of ether oxygens (including phenoxy) is 1. The predicted molar refractivity (Wildman–Crippen MR) is 29.9 cm³/mol. The Morgan fingerprint density at radius 1 is 1.57 bits per heavy atom. The molecule has 0 aromatic heterocycles. The molecule has 0 aromatic rings. The fourth-order valence-corrected chi connectivity index (χ4v) is 0.224. The third-order valence-corrected chi connectivity index (χ3v) is 0.606.